The molecule has 0 saturated heterocycles. The Morgan fingerprint density at radius 1 is 1.04 bits per heavy atom. The minimum Gasteiger partial charge on any atom is -0.360 e. The fraction of sp³-hybridized carbons (Fsp3) is 0.375. The predicted molar refractivity (Wildman–Crippen MR) is 113 cm³/mol. The Morgan fingerprint density at radius 3 is 2.26 bits per heavy atom. The zero-order valence-corrected chi connectivity index (χ0v) is 17.1. The van der Waals surface area contributed by atoms with E-state index in [2.05, 4.69) is 48.4 Å². The second kappa shape index (κ2) is 7.59. The molecule has 1 N–H and O–H groups in total. The number of carbonyl (C=O) groups excluding carboxylic acids is 1. The normalized spacial score (nSPS) is 14.9. The van der Waals surface area contributed by atoms with Gasteiger partial charge in [0.05, 0.1) is 11.1 Å². The lowest BCUT2D eigenvalue weighted by Gasteiger charge is -2.42. The number of nitrogens with one attached hydrogen (secondary N) is 1. The maximum Gasteiger partial charge on any atom is 0.255 e. The van der Waals surface area contributed by atoms with Crippen molar-refractivity contribution in [3.8, 4) is 0 Å². The smallest absolute Gasteiger partial charge is 0.255 e. The van der Waals surface area contributed by atoms with Crippen molar-refractivity contribution in [2.75, 3.05) is 14.1 Å². The summed E-state index contributed by atoms with van der Waals surface area (Å²) in [6, 6.07) is 15.0. The highest BCUT2D eigenvalue weighted by Gasteiger charge is 2.42. The second-order valence-corrected chi connectivity index (χ2v) is 7.43. The van der Waals surface area contributed by atoms with Crippen molar-refractivity contribution in [3.63, 3.8) is 0 Å². The molecule has 0 unspecified atom stereocenters. The second-order valence-electron chi connectivity index (χ2n) is 7.43. The molecular weight excluding hydrogens is 332 g/mol. The van der Waals surface area contributed by atoms with Gasteiger partial charge in [0.15, 0.2) is 0 Å². The molecule has 142 valence electrons. The van der Waals surface area contributed by atoms with Gasteiger partial charge in [0.25, 0.3) is 5.91 Å². The van der Waals surface area contributed by atoms with Gasteiger partial charge in [-0.2, -0.15) is 0 Å². The lowest BCUT2D eigenvalue weighted by atomic mass is 9.60. The molecule has 1 saturated carbocycles. The number of H-pyrrole nitrogens is 1. The summed E-state index contributed by atoms with van der Waals surface area (Å²) >= 11 is 0. The highest BCUT2D eigenvalue weighted by Crippen LogP contribution is 2.51. The molecule has 1 aromatic heterocycles. The fourth-order valence-corrected chi connectivity index (χ4v) is 4.09. The molecule has 1 fully saturated rings. The van der Waals surface area contributed by atoms with Crippen LogP contribution >= 0.6 is 0 Å². The maximum absolute atomic E-state index is 12.5. The van der Waals surface area contributed by atoms with Gasteiger partial charge >= 0.3 is 0 Å². The van der Waals surface area contributed by atoms with E-state index in [1.165, 1.54) is 28.5 Å². The number of amides is 1. The average Bonchev–Trinajstić information content (AvgIpc) is 3.08. The number of rotatable bonds is 3. The SMILES string of the molecule is CC.Cc1ccc(C2(c3c[nH]c4c(C(=O)N(C)C)cccc34)CCC2)cc1. The number of fused-ring (bicyclic) bond motifs is 1. The average molecular weight is 363 g/mol. The summed E-state index contributed by atoms with van der Waals surface area (Å²) in [5.41, 5.74) is 5.77. The van der Waals surface area contributed by atoms with Crippen molar-refractivity contribution in [3.05, 3.63) is 70.9 Å². The van der Waals surface area contributed by atoms with Crippen molar-refractivity contribution >= 4 is 16.8 Å². The number of aromatic nitrogens is 1. The van der Waals surface area contributed by atoms with E-state index in [9.17, 15) is 4.79 Å². The number of aromatic amines is 1. The lowest BCUT2D eigenvalue weighted by Crippen LogP contribution is -2.35. The zero-order chi connectivity index (χ0) is 19.6. The number of benzene rings is 2. The minimum atomic E-state index is 0.0389. The molecule has 4 rings (SSSR count). The van der Waals surface area contributed by atoms with Crippen LogP contribution in [0, 0.1) is 6.92 Å². The van der Waals surface area contributed by atoms with Crippen LogP contribution in [0.25, 0.3) is 10.9 Å². The molecule has 1 aliphatic carbocycles. The first-order valence-electron chi connectivity index (χ1n) is 9.92. The molecule has 3 aromatic rings. The molecular formula is C24H30N2O. The summed E-state index contributed by atoms with van der Waals surface area (Å²) in [6.45, 7) is 6.13. The standard InChI is InChI=1S/C22H24N2O.C2H6/c1-15-8-10-16(11-9-15)22(12-5-13-22)19-14-23-20-17(19)6-4-7-18(20)21(25)24(2)3;1-2/h4,6-11,14,23H,5,12-13H2,1-3H3;1-2H3. The Labute approximate surface area is 162 Å². The van der Waals surface area contributed by atoms with Crippen LogP contribution in [0.1, 0.15) is 60.2 Å². The maximum atomic E-state index is 12.5. The molecule has 0 spiro atoms. The number of nitrogens with zero attached hydrogens (tertiary/aromatic N) is 1. The third-order valence-electron chi connectivity index (χ3n) is 5.68. The molecule has 0 radical (unpaired) electrons. The first-order chi connectivity index (χ1) is 13.0. The van der Waals surface area contributed by atoms with Crippen LogP contribution in [0.2, 0.25) is 0 Å². The summed E-state index contributed by atoms with van der Waals surface area (Å²) in [5, 5.41) is 1.17. The molecule has 2 aromatic carbocycles. The molecule has 0 aliphatic heterocycles. The van der Waals surface area contributed by atoms with Crippen molar-refractivity contribution in [1.82, 2.24) is 9.88 Å². The van der Waals surface area contributed by atoms with E-state index in [0.717, 1.165) is 23.9 Å². The largest absolute Gasteiger partial charge is 0.360 e. The van der Waals surface area contributed by atoms with Crippen LogP contribution in [0.3, 0.4) is 0 Å². The first kappa shape index (κ1) is 19.2. The zero-order valence-electron chi connectivity index (χ0n) is 17.1. The minimum absolute atomic E-state index is 0.0389. The van der Waals surface area contributed by atoms with Gasteiger partial charge in [-0.15, -0.1) is 0 Å². The van der Waals surface area contributed by atoms with Crippen LogP contribution < -0.4 is 0 Å². The summed E-state index contributed by atoms with van der Waals surface area (Å²) in [7, 11) is 3.59. The van der Waals surface area contributed by atoms with Gasteiger partial charge in [-0.3, -0.25) is 4.79 Å². The van der Waals surface area contributed by atoms with Gasteiger partial charge in [0.2, 0.25) is 0 Å². The van der Waals surface area contributed by atoms with Crippen LogP contribution in [0.5, 0.6) is 0 Å². The van der Waals surface area contributed by atoms with Gasteiger partial charge < -0.3 is 9.88 Å². The third kappa shape index (κ3) is 3.16. The monoisotopic (exact) mass is 362 g/mol. The van der Waals surface area contributed by atoms with Crippen molar-refractivity contribution < 1.29 is 4.79 Å². The Morgan fingerprint density at radius 2 is 1.70 bits per heavy atom. The molecule has 3 heteroatoms. The van der Waals surface area contributed by atoms with Gasteiger partial charge in [0.1, 0.15) is 0 Å². The van der Waals surface area contributed by atoms with Crippen LogP contribution in [-0.2, 0) is 5.41 Å². The Kier molecular flexibility index (Phi) is 5.41. The van der Waals surface area contributed by atoms with E-state index in [4.69, 9.17) is 0 Å². The molecule has 1 aliphatic rings. The quantitative estimate of drug-likeness (QED) is 0.640. The Bertz CT molecular complexity index is 931. The number of carbonyl (C=O) groups is 1. The number of hydrogen-bond donors (Lipinski definition) is 1. The number of para-hydroxylation sites is 1. The first-order valence-corrected chi connectivity index (χ1v) is 9.92. The highest BCUT2D eigenvalue weighted by atomic mass is 16.2. The summed E-state index contributed by atoms with van der Waals surface area (Å²) in [4.78, 5) is 17.5. The molecule has 27 heavy (non-hydrogen) atoms. The van der Waals surface area contributed by atoms with Gasteiger partial charge in [0, 0.05) is 31.1 Å². The number of aryl methyl sites for hydroxylation is 1. The highest BCUT2D eigenvalue weighted by molar-refractivity contribution is 6.06. The molecule has 0 atom stereocenters. The van der Waals surface area contributed by atoms with E-state index in [0.29, 0.717) is 0 Å². The fourth-order valence-electron chi connectivity index (χ4n) is 4.09. The number of hydrogen-bond acceptors (Lipinski definition) is 1. The van der Waals surface area contributed by atoms with Crippen molar-refractivity contribution in [1.29, 1.82) is 0 Å². The van der Waals surface area contributed by atoms with E-state index < -0.39 is 0 Å². The predicted octanol–water partition coefficient (Wildman–Crippen LogP) is 5.67. The summed E-state index contributed by atoms with van der Waals surface area (Å²) in [5.74, 6) is 0.0389. The van der Waals surface area contributed by atoms with Crippen LogP contribution in [0.15, 0.2) is 48.7 Å². The van der Waals surface area contributed by atoms with E-state index in [-0.39, 0.29) is 11.3 Å². The molecule has 1 amide bonds. The van der Waals surface area contributed by atoms with E-state index in [1.807, 2.05) is 26.0 Å². The van der Waals surface area contributed by atoms with Gasteiger partial charge in [-0.1, -0.05) is 62.2 Å². The molecule has 1 heterocycles. The Balaban J connectivity index is 0.00000102. The van der Waals surface area contributed by atoms with E-state index in [1.54, 1.807) is 19.0 Å². The third-order valence-corrected chi connectivity index (χ3v) is 5.68. The lowest BCUT2D eigenvalue weighted by molar-refractivity contribution is 0.0829. The summed E-state index contributed by atoms with van der Waals surface area (Å²) < 4.78 is 0. The Hall–Kier alpha value is -2.55. The molecule has 0 bridgehead atoms. The summed E-state index contributed by atoms with van der Waals surface area (Å²) in [6.07, 6.45) is 5.69. The van der Waals surface area contributed by atoms with Gasteiger partial charge in [-0.05, 0) is 37.0 Å². The van der Waals surface area contributed by atoms with Crippen LogP contribution in [0.4, 0.5) is 0 Å². The van der Waals surface area contributed by atoms with Crippen molar-refractivity contribution in [2.45, 2.75) is 45.4 Å². The van der Waals surface area contributed by atoms with E-state index >= 15 is 0 Å². The van der Waals surface area contributed by atoms with Crippen molar-refractivity contribution in [2.24, 2.45) is 0 Å². The topological polar surface area (TPSA) is 36.1 Å². The van der Waals surface area contributed by atoms with Gasteiger partial charge in [-0.25, -0.2) is 0 Å². The molecule has 3 nitrogen and oxygen atoms in total. The van der Waals surface area contributed by atoms with Crippen LogP contribution in [-0.4, -0.2) is 29.9 Å².